The monoisotopic (exact) mass is 219 g/mol. The zero-order valence-electron chi connectivity index (χ0n) is 10.4. The van der Waals surface area contributed by atoms with Gasteiger partial charge in [0.25, 0.3) is 0 Å². The Morgan fingerprint density at radius 3 is 2.69 bits per heavy atom. The Morgan fingerprint density at radius 2 is 2.19 bits per heavy atom. The minimum absolute atomic E-state index is 0.485. The van der Waals surface area contributed by atoms with E-state index in [2.05, 4.69) is 24.1 Å². The van der Waals surface area contributed by atoms with Crippen molar-refractivity contribution in [1.82, 2.24) is 4.98 Å². The molecule has 3 N–H and O–H groups in total. The van der Waals surface area contributed by atoms with Gasteiger partial charge in [-0.25, -0.2) is 4.98 Å². The van der Waals surface area contributed by atoms with E-state index in [9.17, 15) is 0 Å². The Kier molecular flexibility index (Phi) is 2.78. The van der Waals surface area contributed by atoms with Crippen molar-refractivity contribution in [2.75, 3.05) is 17.6 Å². The maximum Gasteiger partial charge on any atom is 0.149 e. The third-order valence-corrected chi connectivity index (χ3v) is 3.78. The fourth-order valence-corrected chi connectivity index (χ4v) is 2.12. The number of aromatic nitrogens is 1. The molecule has 0 aliphatic heterocycles. The molecule has 0 bridgehead atoms. The average molecular weight is 219 g/mol. The molecule has 0 spiro atoms. The fourth-order valence-electron chi connectivity index (χ4n) is 2.12. The van der Waals surface area contributed by atoms with Crippen LogP contribution in [0.5, 0.6) is 0 Å². The SMILES string of the molecule is Cc1cnc(NCC2(C(C)C)CC2)c(N)c1. The van der Waals surface area contributed by atoms with E-state index < -0.39 is 0 Å². The van der Waals surface area contributed by atoms with E-state index in [-0.39, 0.29) is 0 Å². The van der Waals surface area contributed by atoms with E-state index in [0.717, 1.165) is 29.5 Å². The summed E-state index contributed by atoms with van der Waals surface area (Å²) in [5, 5.41) is 3.39. The van der Waals surface area contributed by atoms with Crippen LogP contribution in [-0.4, -0.2) is 11.5 Å². The summed E-state index contributed by atoms with van der Waals surface area (Å²) in [6, 6.07) is 1.96. The van der Waals surface area contributed by atoms with Gasteiger partial charge in [-0.1, -0.05) is 13.8 Å². The molecule has 0 saturated heterocycles. The van der Waals surface area contributed by atoms with Gasteiger partial charge < -0.3 is 11.1 Å². The Bertz CT molecular complexity index is 381. The van der Waals surface area contributed by atoms with Gasteiger partial charge in [0.1, 0.15) is 5.82 Å². The van der Waals surface area contributed by atoms with Crippen LogP contribution < -0.4 is 11.1 Å². The van der Waals surface area contributed by atoms with Crippen LogP contribution in [0.2, 0.25) is 0 Å². The summed E-state index contributed by atoms with van der Waals surface area (Å²) < 4.78 is 0. The smallest absolute Gasteiger partial charge is 0.149 e. The van der Waals surface area contributed by atoms with E-state index >= 15 is 0 Å². The molecule has 0 unspecified atom stereocenters. The number of hydrogen-bond donors (Lipinski definition) is 2. The van der Waals surface area contributed by atoms with E-state index in [1.54, 1.807) is 0 Å². The maximum atomic E-state index is 5.92. The second-order valence-corrected chi connectivity index (χ2v) is 5.32. The molecule has 2 rings (SSSR count). The first-order chi connectivity index (χ1) is 7.53. The second-order valence-electron chi connectivity index (χ2n) is 5.32. The van der Waals surface area contributed by atoms with E-state index in [0.29, 0.717) is 5.41 Å². The van der Waals surface area contributed by atoms with E-state index in [1.165, 1.54) is 12.8 Å². The quantitative estimate of drug-likeness (QED) is 0.818. The highest BCUT2D eigenvalue weighted by molar-refractivity contribution is 5.61. The molecule has 16 heavy (non-hydrogen) atoms. The van der Waals surface area contributed by atoms with Crippen molar-refractivity contribution in [3.8, 4) is 0 Å². The van der Waals surface area contributed by atoms with Gasteiger partial charge in [-0.3, -0.25) is 0 Å². The number of rotatable bonds is 4. The van der Waals surface area contributed by atoms with E-state index in [1.807, 2.05) is 19.2 Å². The van der Waals surface area contributed by atoms with Crippen molar-refractivity contribution in [3.63, 3.8) is 0 Å². The number of nitrogens with zero attached hydrogens (tertiary/aromatic N) is 1. The lowest BCUT2D eigenvalue weighted by Gasteiger charge is -2.20. The molecule has 1 aliphatic carbocycles. The molecule has 1 aliphatic rings. The molecule has 1 fully saturated rings. The summed E-state index contributed by atoms with van der Waals surface area (Å²) in [4.78, 5) is 4.33. The van der Waals surface area contributed by atoms with Gasteiger partial charge in [-0.2, -0.15) is 0 Å². The summed E-state index contributed by atoms with van der Waals surface area (Å²) in [5.74, 6) is 1.56. The number of nitrogens with two attached hydrogens (primary N) is 1. The highest BCUT2D eigenvalue weighted by Gasteiger charge is 2.44. The molecule has 0 aromatic carbocycles. The van der Waals surface area contributed by atoms with Crippen molar-refractivity contribution < 1.29 is 0 Å². The summed E-state index contributed by atoms with van der Waals surface area (Å²) in [5.41, 5.74) is 8.26. The summed E-state index contributed by atoms with van der Waals surface area (Å²) in [6.45, 7) is 7.58. The van der Waals surface area contributed by atoms with Crippen LogP contribution in [0.1, 0.15) is 32.3 Å². The zero-order chi connectivity index (χ0) is 11.8. The van der Waals surface area contributed by atoms with Gasteiger partial charge in [0.05, 0.1) is 5.69 Å². The predicted octanol–water partition coefficient (Wildman–Crippen LogP) is 2.82. The lowest BCUT2D eigenvalue weighted by Crippen LogP contribution is -2.21. The summed E-state index contributed by atoms with van der Waals surface area (Å²) >= 11 is 0. The first-order valence-corrected chi connectivity index (χ1v) is 5.99. The van der Waals surface area contributed by atoms with Crippen LogP contribution in [0, 0.1) is 18.3 Å². The zero-order valence-corrected chi connectivity index (χ0v) is 10.4. The van der Waals surface area contributed by atoms with Gasteiger partial charge >= 0.3 is 0 Å². The number of hydrogen-bond acceptors (Lipinski definition) is 3. The van der Waals surface area contributed by atoms with Crippen molar-refractivity contribution in [3.05, 3.63) is 17.8 Å². The van der Waals surface area contributed by atoms with Crippen LogP contribution >= 0.6 is 0 Å². The number of anilines is 2. The van der Waals surface area contributed by atoms with Gasteiger partial charge in [0.2, 0.25) is 0 Å². The second kappa shape index (κ2) is 3.96. The molecule has 88 valence electrons. The Morgan fingerprint density at radius 1 is 1.50 bits per heavy atom. The van der Waals surface area contributed by atoms with Crippen LogP contribution in [0.4, 0.5) is 11.5 Å². The van der Waals surface area contributed by atoms with Crippen LogP contribution in [-0.2, 0) is 0 Å². The Balaban J connectivity index is 2.00. The molecular formula is C13H21N3. The lowest BCUT2D eigenvalue weighted by molar-refractivity contribution is 0.380. The summed E-state index contributed by atoms with van der Waals surface area (Å²) in [7, 11) is 0. The third kappa shape index (κ3) is 2.13. The topological polar surface area (TPSA) is 50.9 Å². The lowest BCUT2D eigenvalue weighted by atomic mass is 9.92. The van der Waals surface area contributed by atoms with Crippen LogP contribution in [0.25, 0.3) is 0 Å². The first-order valence-electron chi connectivity index (χ1n) is 5.99. The fraction of sp³-hybridized carbons (Fsp3) is 0.615. The molecule has 3 heteroatoms. The molecule has 3 nitrogen and oxygen atoms in total. The van der Waals surface area contributed by atoms with Crippen LogP contribution in [0.3, 0.4) is 0 Å². The molecule has 1 aromatic heterocycles. The van der Waals surface area contributed by atoms with Gasteiger partial charge in [0, 0.05) is 12.7 Å². The maximum absolute atomic E-state index is 5.92. The molecule has 0 atom stereocenters. The van der Waals surface area contributed by atoms with Crippen molar-refractivity contribution in [2.45, 2.75) is 33.6 Å². The highest BCUT2D eigenvalue weighted by atomic mass is 15.0. The molecule has 1 aromatic rings. The highest BCUT2D eigenvalue weighted by Crippen LogP contribution is 2.51. The third-order valence-electron chi connectivity index (χ3n) is 3.78. The first kappa shape index (κ1) is 11.2. The average Bonchev–Trinajstić information content (AvgIpc) is 2.97. The standard InChI is InChI=1S/C13H21N3/c1-9(2)13(4-5-13)8-16-12-11(14)6-10(3)7-15-12/h6-7,9H,4-5,8,14H2,1-3H3,(H,15,16). The van der Waals surface area contributed by atoms with Crippen molar-refractivity contribution in [1.29, 1.82) is 0 Å². The molecular weight excluding hydrogens is 198 g/mol. The molecule has 1 saturated carbocycles. The summed E-state index contributed by atoms with van der Waals surface area (Å²) in [6.07, 6.45) is 4.50. The molecule has 0 radical (unpaired) electrons. The van der Waals surface area contributed by atoms with Crippen LogP contribution in [0.15, 0.2) is 12.3 Å². The van der Waals surface area contributed by atoms with Crippen molar-refractivity contribution >= 4 is 11.5 Å². The number of pyridine rings is 1. The molecule has 0 amide bonds. The minimum atomic E-state index is 0.485. The number of aryl methyl sites for hydroxylation is 1. The van der Waals surface area contributed by atoms with Gasteiger partial charge in [0.15, 0.2) is 0 Å². The number of nitrogens with one attached hydrogen (secondary N) is 1. The van der Waals surface area contributed by atoms with Crippen molar-refractivity contribution in [2.24, 2.45) is 11.3 Å². The predicted molar refractivity (Wildman–Crippen MR) is 68.4 cm³/mol. The van der Waals surface area contributed by atoms with Gasteiger partial charge in [-0.05, 0) is 42.7 Å². The van der Waals surface area contributed by atoms with Gasteiger partial charge in [-0.15, -0.1) is 0 Å². The minimum Gasteiger partial charge on any atom is -0.396 e. The normalized spacial score (nSPS) is 17.5. The Labute approximate surface area is 97.5 Å². The number of nitrogen functional groups attached to an aromatic ring is 1. The Hall–Kier alpha value is -1.25. The largest absolute Gasteiger partial charge is 0.396 e. The van der Waals surface area contributed by atoms with E-state index in [4.69, 9.17) is 5.73 Å². The molecule has 1 heterocycles.